The van der Waals surface area contributed by atoms with Gasteiger partial charge in [0.1, 0.15) is 12.1 Å². The lowest BCUT2D eigenvalue weighted by atomic mass is 9.87. The number of anilines is 1. The standard InChI is InChI=1S/C11H16BrN3/c1-11(2)5-3-4-9(11)15-10-8(12)6-13-7-14-10/h6-7,9H,3-5H2,1-2H3,(H,13,14,15). The molecule has 1 aliphatic rings. The largest absolute Gasteiger partial charge is 0.366 e. The summed E-state index contributed by atoms with van der Waals surface area (Å²) in [5.74, 6) is 0.907. The summed E-state index contributed by atoms with van der Waals surface area (Å²) in [4.78, 5) is 8.20. The van der Waals surface area contributed by atoms with Crippen LogP contribution in [-0.4, -0.2) is 16.0 Å². The average molecular weight is 270 g/mol. The van der Waals surface area contributed by atoms with Gasteiger partial charge in [0.15, 0.2) is 0 Å². The van der Waals surface area contributed by atoms with E-state index in [1.807, 2.05) is 0 Å². The minimum absolute atomic E-state index is 0.365. The van der Waals surface area contributed by atoms with Gasteiger partial charge in [-0.2, -0.15) is 0 Å². The van der Waals surface area contributed by atoms with Crippen molar-refractivity contribution in [3.8, 4) is 0 Å². The molecular weight excluding hydrogens is 254 g/mol. The smallest absolute Gasteiger partial charge is 0.143 e. The molecular formula is C11H16BrN3. The molecule has 1 fully saturated rings. The van der Waals surface area contributed by atoms with Gasteiger partial charge in [0, 0.05) is 12.2 Å². The molecule has 0 spiro atoms. The van der Waals surface area contributed by atoms with Crippen molar-refractivity contribution >= 4 is 21.7 Å². The highest BCUT2D eigenvalue weighted by Crippen LogP contribution is 2.39. The molecule has 1 aromatic rings. The summed E-state index contributed by atoms with van der Waals surface area (Å²) in [6, 6.07) is 0.517. The number of nitrogens with zero attached hydrogens (tertiary/aromatic N) is 2. The number of aromatic nitrogens is 2. The Morgan fingerprint density at radius 3 is 2.93 bits per heavy atom. The summed E-state index contributed by atoms with van der Waals surface area (Å²) < 4.78 is 0.938. The Labute approximate surface area is 98.8 Å². The van der Waals surface area contributed by atoms with Gasteiger partial charge in [-0.15, -0.1) is 0 Å². The van der Waals surface area contributed by atoms with Crippen LogP contribution in [0, 0.1) is 5.41 Å². The predicted molar refractivity (Wildman–Crippen MR) is 64.8 cm³/mol. The fourth-order valence-electron chi connectivity index (χ4n) is 2.18. The van der Waals surface area contributed by atoms with Gasteiger partial charge in [-0.05, 0) is 34.2 Å². The highest BCUT2D eigenvalue weighted by atomic mass is 79.9. The fraction of sp³-hybridized carbons (Fsp3) is 0.636. The van der Waals surface area contributed by atoms with Crippen molar-refractivity contribution < 1.29 is 0 Å². The average Bonchev–Trinajstić information content (AvgIpc) is 2.50. The number of rotatable bonds is 2. The topological polar surface area (TPSA) is 37.8 Å². The van der Waals surface area contributed by atoms with Crippen molar-refractivity contribution in [1.82, 2.24) is 9.97 Å². The third-order valence-corrected chi connectivity index (χ3v) is 3.82. The molecule has 1 aromatic heterocycles. The van der Waals surface area contributed by atoms with E-state index >= 15 is 0 Å². The van der Waals surface area contributed by atoms with Crippen molar-refractivity contribution in [3.63, 3.8) is 0 Å². The monoisotopic (exact) mass is 269 g/mol. The molecule has 0 radical (unpaired) electrons. The number of nitrogens with one attached hydrogen (secondary N) is 1. The zero-order valence-corrected chi connectivity index (χ0v) is 10.7. The van der Waals surface area contributed by atoms with Gasteiger partial charge in [-0.3, -0.25) is 0 Å². The van der Waals surface area contributed by atoms with E-state index in [2.05, 4.69) is 45.1 Å². The van der Waals surface area contributed by atoms with E-state index < -0.39 is 0 Å². The minimum atomic E-state index is 0.365. The van der Waals surface area contributed by atoms with Gasteiger partial charge >= 0.3 is 0 Å². The van der Waals surface area contributed by atoms with Crippen LogP contribution in [0.15, 0.2) is 17.0 Å². The molecule has 1 saturated carbocycles. The summed E-state index contributed by atoms with van der Waals surface area (Å²) in [5.41, 5.74) is 0.365. The molecule has 0 bridgehead atoms. The van der Waals surface area contributed by atoms with Crippen LogP contribution < -0.4 is 5.32 Å². The van der Waals surface area contributed by atoms with Gasteiger partial charge < -0.3 is 5.32 Å². The Morgan fingerprint density at radius 1 is 1.53 bits per heavy atom. The van der Waals surface area contributed by atoms with Crippen LogP contribution in [0.2, 0.25) is 0 Å². The molecule has 0 saturated heterocycles. The zero-order chi connectivity index (χ0) is 10.9. The van der Waals surface area contributed by atoms with E-state index in [9.17, 15) is 0 Å². The predicted octanol–water partition coefficient (Wildman–Crippen LogP) is 3.23. The molecule has 0 aromatic carbocycles. The summed E-state index contributed by atoms with van der Waals surface area (Å²) >= 11 is 3.45. The van der Waals surface area contributed by atoms with Gasteiger partial charge in [0.25, 0.3) is 0 Å². The molecule has 4 heteroatoms. The lowest BCUT2D eigenvalue weighted by Gasteiger charge is -2.28. The molecule has 0 aliphatic heterocycles. The van der Waals surface area contributed by atoms with E-state index in [1.54, 1.807) is 12.5 Å². The van der Waals surface area contributed by atoms with E-state index in [0.29, 0.717) is 11.5 Å². The molecule has 3 nitrogen and oxygen atoms in total. The van der Waals surface area contributed by atoms with Crippen molar-refractivity contribution in [1.29, 1.82) is 0 Å². The molecule has 1 atom stereocenters. The second-order valence-electron chi connectivity index (χ2n) is 4.80. The molecule has 1 aliphatic carbocycles. The van der Waals surface area contributed by atoms with Crippen molar-refractivity contribution in [2.45, 2.75) is 39.2 Å². The maximum Gasteiger partial charge on any atom is 0.143 e. The number of halogens is 1. The zero-order valence-electron chi connectivity index (χ0n) is 9.13. The normalized spacial score (nSPS) is 24.1. The van der Waals surface area contributed by atoms with E-state index in [-0.39, 0.29) is 0 Å². The van der Waals surface area contributed by atoms with Crippen LogP contribution in [0.4, 0.5) is 5.82 Å². The Morgan fingerprint density at radius 2 is 2.33 bits per heavy atom. The molecule has 1 N–H and O–H groups in total. The lowest BCUT2D eigenvalue weighted by molar-refractivity contribution is 0.349. The molecule has 82 valence electrons. The molecule has 1 unspecified atom stereocenters. The van der Waals surface area contributed by atoms with E-state index in [1.165, 1.54) is 19.3 Å². The van der Waals surface area contributed by atoms with Crippen LogP contribution in [-0.2, 0) is 0 Å². The summed E-state index contributed by atoms with van der Waals surface area (Å²) in [6.07, 6.45) is 7.16. The first-order valence-electron chi connectivity index (χ1n) is 5.32. The second kappa shape index (κ2) is 4.08. The van der Waals surface area contributed by atoms with Gasteiger partial charge in [-0.25, -0.2) is 9.97 Å². The van der Waals surface area contributed by atoms with Crippen molar-refractivity contribution in [2.75, 3.05) is 5.32 Å². The van der Waals surface area contributed by atoms with Crippen molar-refractivity contribution in [2.24, 2.45) is 5.41 Å². The molecule has 0 amide bonds. The van der Waals surface area contributed by atoms with Gasteiger partial charge in [-0.1, -0.05) is 20.3 Å². The Bertz CT molecular complexity index is 351. The molecule has 15 heavy (non-hydrogen) atoms. The summed E-state index contributed by atoms with van der Waals surface area (Å²) in [5, 5.41) is 3.50. The number of hydrogen-bond donors (Lipinski definition) is 1. The highest BCUT2D eigenvalue weighted by molar-refractivity contribution is 9.10. The molecule has 1 heterocycles. The number of hydrogen-bond acceptors (Lipinski definition) is 3. The maximum absolute atomic E-state index is 4.24. The van der Waals surface area contributed by atoms with Crippen LogP contribution in [0.3, 0.4) is 0 Å². The maximum atomic E-state index is 4.24. The van der Waals surface area contributed by atoms with Crippen LogP contribution >= 0.6 is 15.9 Å². The van der Waals surface area contributed by atoms with Crippen LogP contribution in [0.1, 0.15) is 33.1 Å². The Kier molecular flexibility index (Phi) is 2.96. The van der Waals surface area contributed by atoms with Gasteiger partial charge in [0.05, 0.1) is 4.47 Å². The van der Waals surface area contributed by atoms with Crippen LogP contribution in [0.5, 0.6) is 0 Å². The second-order valence-corrected chi connectivity index (χ2v) is 5.65. The Balaban J connectivity index is 2.12. The molecule has 2 rings (SSSR count). The summed E-state index contributed by atoms with van der Waals surface area (Å²) in [7, 11) is 0. The van der Waals surface area contributed by atoms with Crippen LogP contribution in [0.25, 0.3) is 0 Å². The third kappa shape index (κ3) is 2.30. The Hall–Kier alpha value is -0.640. The van der Waals surface area contributed by atoms with Gasteiger partial charge in [0.2, 0.25) is 0 Å². The first kappa shape index (κ1) is 10.9. The quantitative estimate of drug-likeness (QED) is 0.896. The lowest BCUT2D eigenvalue weighted by Crippen LogP contribution is -2.31. The first-order chi connectivity index (χ1) is 7.09. The SMILES string of the molecule is CC1(C)CCCC1Nc1ncncc1Br. The third-order valence-electron chi connectivity index (χ3n) is 3.24. The highest BCUT2D eigenvalue weighted by Gasteiger charge is 2.34. The van der Waals surface area contributed by atoms with Crippen molar-refractivity contribution in [3.05, 3.63) is 17.0 Å². The van der Waals surface area contributed by atoms with E-state index in [0.717, 1.165) is 10.3 Å². The first-order valence-corrected chi connectivity index (χ1v) is 6.11. The minimum Gasteiger partial charge on any atom is -0.366 e. The fourth-order valence-corrected chi connectivity index (χ4v) is 2.51. The van der Waals surface area contributed by atoms with E-state index in [4.69, 9.17) is 0 Å². The summed E-state index contributed by atoms with van der Waals surface area (Å²) in [6.45, 7) is 4.62.